The highest BCUT2D eigenvalue weighted by molar-refractivity contribution is 6.03. The first-order chi connectivity index (χ1) is 14.1. The van der Waals surface area contributed by atoms with E-state index >= 15 is 0 Å². The zero-order chi connectivity index (χ0) is 20.6. The Morgan fingerprint density at radius 2 is 1.69 bits per heavy atom. The first kappa shape index (κ1) is 19.8. The van der Waals surface area contributed by atoms with Crippen molar-refractivity contribution in [1.29, 1.82) is 0 Å². The Morgan fingerprint density at radius 1 is 0.966 bits per heavy atom. The number of amides is 2. The van der Waals surface area contributed by atoms with Crippen molar-refractivity contribution >= 4 is 17.5 Å². The molecule has 0 bridgehead atoms. The molecule has 0 aliphatic carbocycles. The Balaban J connectivity index is 1.64. The molecular weight excluding hydrogens is 372 g/mol. The van der Waals surface area contributed by atoms with Gasteiger partial charge in [0, 0.05) is 24.4 Å². The van der Waals surface area contributed by atoms with E-state index in [0.29, 0.717) is 17.0 Å². The molecule has 8 nitrogen and oxygen atoms in total. The van der Waals surface area contributed by atoms with Gasteiger partial charge >= 0.3 is 0 Å². The van der Waals surface area contributed by atoms with E-state index in [1.54, 1.807) is 31.3 Å². The number of nitrogens with zero attached hydrogens (tertiary/aromatic N) is 2. The molecule has 0 atom stereocenters. The molecule has 0 aliphatic heterocycles. The Labute approximate surface area is 167 Å². The van der Waals surface area contributed by atoms with E-state index in [1.165, 1.54) is 16.8 Å². The highest BCUT2D eigenvalue weighted by Gasteiger charge is 2.11. The fourth-order valence-corrected chi connectivity index (χ4v) is 2.54. The second-order valence-electron chi connectivity index (χ2n) is 6.05. The number of ether oxygens (including phenoxy) is 1. The van der Waals surface area contributed by atoms with Gasteiger partial charge in [0.25, 0.3) is 17.4 Å². The van der Waals surface area contributed by atoms with Crippen LogP contribution in [0.1, 0.15) is 20.8 Å². The van der Waals surface area contributed by atoms with E-state index in [0.717, 1.165) is 0 Å². The molecule has 2 amide bonds. The zero-order valence-electron chi connectivity index (χ0n) is 15.8. The second-order valence-corrected chi connectivity index (χ2v) is 6.05. The minimum Gasteiger partial charge on any atom is -0.492 e. The van der Waals surface area contributed by atoms with Crippen LogP contribution in [0.3, 0.4) is 0 Å². The quantitative estimate of drug-likeness (QED) is 0.640. The van der Waals surface area contributed by atoms with Crippen molar-refractivity contribution in [2.75, 3.05) is 19.0 Å². The predicted octanol–water partition coefficient (Wildman–Crippen LogP) is 1.93. The van der Waals surface area contributed by atoms with Crippen LogP contribution in [-0.2, 0) is 6.54 Å². The first-order valence-corrected chi connectivity index (χ1v) is 8.96. The Bertz CT molecular complexity index is 1050. The molecule has 8 heteroatoms. The van der Waals surface area contributed by atoms with E-state index in [1.807, 2.05) is 30.3 Å². The number of carbonyl (C=O) groups is 2. The maximum Gasteiger partial charge on any atom is 0.276 e. The van der Waals surface area contributed by atoms with Crippen LogP contribution in [0, 0.1) is 0 Å². The maximum atomic E-state index is 12.4. The number of nitrogens with one attached hydrogen (secondary N) is 2. The molecule has 2 aromatic carbocycles. The molecular formula is C21H20N4O4. The van der Waals surface area contributed by atoms with Crippen molar-refractivity contribution in [2.24, 2.45) is 0 Å². The maximum absolute atomic E-state index is 12.4. The van der Waals surface area contributed by atoms with Gasteiger partial charge in [0.05, 0.1) is 6.54 Å². The lowest BCUT2D eigenvalue weighted by Crippen LogP contribution is -2.28. The third-order valence-corrected chi connectivity index (χ3v) is 4.05. The molecule has 0 saturated carbocycles. The van der Waals surface area contributed by atoms with Crippen molar-refractivity contribution in [3.63, 3.8) is 0 Å². The van der Waals surface area contributed by atoms with Crippen LogP contribution in [0.4, 0.5) is 5.69 Å². The molecule has 0 radical (unpaired) electrons. The molecule has 0 spiro atoms. The molecule has 0 aliphatic rings. The Hall–Kier alpha value is -3.94. The monoisotopic (exact) mass is 392 g/mol. The van der Waals surface area contributed by atoms with Gasteiger partial charge in [-0.1, -0.05) is 18.2 Å². The topological polar surface area (TPSA) is 102 Å². The third kappa shape index (κ3) is 5.29. The predicted molar refractivity (Wildman–Crippen MR) is 108 cm³/mol. The number of aromatic nitrogens is 2. The summed E-state index contributed by atoms with van der Waals surface area (Å²) in [6.45, 7) is 0.443. The van der Waals surface area contributed by atoms with E-state index < -0.39 is 5.91 Å². The summed E-state index contributed by atoms with van der Waals surface area (Å²) in [5.74, 6) is 0.0133. The van der Waals surface area contributed by atoms with Gasteiger partial charge in [0.2, 0.25) is 0 Å². The standard InChI is InChI=1S/C21H20N4O4/c1-22-20(27)15-7-9-16(10-8-15)23-21(28)18-11-12-19(26)25(24-18)13-14-29-17-5-3-2-4-6-17/h2-12H,13-14H2,1H3,(H,22,27)(H,23,28). The van der Waals surface area contributed by atoms with Crippen LogP contribution < -0.4 is 20.9 Å². The van der Waals surface area contributed by atoms with Crippen LogP contribution in [-0.4, -0.2) is 35.2 Å². The normalized spacial score (nSPS) is 10.2. The molecule has 3 rings (SSSR count). The summed E-state index contributed by atoms with van der Waals surface area (Å²) < 4.78 is 6.75. The molecule has 0 unspecified atom stereocenters. The van der Waals surface area contributed by atoms with Gasteiger partial charge in [-0.2, -0.15) is 5.10 Å². The van der Waals surface area contributed by atoms with Gasteiger partial charge in [0.1, 0.15) is 18.1 Å². The summed E-state index contributed by atoms with van der Waals surface area (Å²) in [5, 5.41) is 9.32. The van der Waals surface area contributed by atoms with Crippen LogP contribution in [0.2, 0.25) is 0 Å². The fourth-order valence-electron chi connectivity index (χ4n) is 2.54. The molecule has 148 valence electrons. The summed E-state index contributed by atoms with van der Waals surface area (Å²) in [5.41, 5.74) is 0.762. The average molecular weight is 392 g/mol. The zero-order valence-corrected chi connectivity index (χ0v) is 15.8. The van der Waals surface area contributed by atoms with E-state index in [9.17, 15) is 14.4 Å². The minimum absolute atomic E-state index is 0.0969. The lowest BCUT2D eigenvalue weighted by atomic mass is 10.2. The van der Waals surface area contributed by atoms with Crippen molar-refractivity contribution in [3.8, 4) is 5.75 Å². The summed E-state index contributed by atoms with van der Waals surface area (Å²) in [6.07, 6.45) is 0. The van der Waals surface area contributed by atoms with E-state index in [2.05, 4.69) is 15.7 Å². The first-order valence-electron chi connectivity index (χ1n) is 8.96. The van der Waals surface area contributed by atoms with Gasteiger partial charge in [-0.05, 0) is 42.5 Å². The highest BCUT2D eigenvalue weighted by atomic mass is 16.5. The number of anilines is 1. The summed E-state index contributed by atoms with van der Waals surface area (Å²) in [7, 11) is 1.55. The van der Waals surface area contributed by atoms with Gasteiger partial charge < -0.3 is 15.4 Å². The van der Waals surface area contributed by atoms with Crippen LogP contribution in [0.15, 0.2) is 71.5 Å². The number of para-hydroxylation sites is 1. The van der Waals surface area contributed by atoms with Gasteiger partial charge in [0.15, 0.2) is 0 Å². The minimum atomic E-state index is -0.463. The van der Waals surface area contributed by atoms with Gasteiger partial charge in [-0.25, -0.2) is 4.68 Å². The van der Waals surface area contributed by atoms with Crippen LogP contribution >= 0.6 is 0 Å². The van der Waals surface area contributed by atoms with E-state index in [4.69, 9.17) is 4.74 Å². The molecule has 1 heterocycles. The number of hydrogen-bond acceptors (Lipinski definition) is 5. The van der Waals surface area contributed by atoms with Gasteiger partial charge in [-0.15, -0.1) is 0 Å². The Kier molecular flexibility index (Phi) is 6.36. The van der Waals surface area contributed by atoms with Gasteiger partial charge in [-0.3, -0.25) is 14.4 Å². The lowest BCUT2D eigenvalue weighted by molar-refractivity contribution is 0.0962. The van der Waals surface area contributed by atoms with Crippen LogP contribution in [0.25, 0.3) is 0 Å². The van der Waals surface area contributed by atoms with Crippen molar-refractivity contribution in [2.45, 2.75) is 6.54 Å². The summed E-state index contributed by atoms with van der Waals surface area (Å²) in [6, 6.07) is 18.3. The molecule has 2 N–H and O–H groups in total. The van der Waals surface area contributed by atoms with Crippen molar-refractivity contribution in [1.82, 2.24) is 15.1 Å². The molecule has 3 aromatic rings. The summed E-state index contributed by atoms with van der Waals surface area (Å²) >= 11 is 0. The third-order valence-electron chi connectivity index (χ3n) is 4.05. The molecule has 0 saturated heterocycles. The highest BCUT2D eigenvalue weighted by Crippen LogP contribution is 2.11. The second kappa shape index (κ2) is 9.32. The van der Waals surface area contributed by atoms with E-state index in [-0.39, 0.29) is 30.3 Å². The average Bonchev–Trinajstić information content (AvgIpc) is 2.75. The number of benzene rings is 2. The van der Waals surface area contributed by atoms with Crippen molar-refractivity contribution < 1.29 is 14.3 Å². The number of rotatable bonds is 7. The lowest BCUT2D eigenvalue weighted by Gasteiger charge is -2.09. The SMILES string of the molecule is CNC(=O)c1ccc(NC(=O)c2ccc(=O)n(CCOc3ccccc3)n2)cc1. The van der Waals surface area contributed by atoms with Crippen LogP contribution in [0.5, 0.6) is 5.75 Å². The smallest absolute Gasteiger partial charge is 0.276 e. The Morgan fingerprint density at radius 3 is 2.38 bits per heavy atom. The number of hydrogen-bond donors (Lipinski definition) is 2. The number of carbonyl (C=O) groups excluding carboxylic acids is 2. The molecule has 29 heavy (non-hydrogen) atoms. The van der Waals surface area contributed by atoms with Crippen molar-refractivity contribution in [3.05, 3.63) is 88.3 Å². The fraction of sp³-hybridized carbons (Fsp3) is 0.143. The summed E-state index contributed by atoms with van der Waals surface area (Å²) in [4.78, 5) is 36.0. The largest absolute Gasteiger partial charge is 0.492 e. The molecule has 0 fully saturated rings. The molecule has 1 aromatic heterocycles.